The first-order valence-corrected chi connectivity index (χ1v) is 10.5. The Morgan fingerprint density at radius 2 is 1.87 bits per heavy atom. The molecule has 30 heavy (non-hydrogen) atoms. The van der Waals surface area contributed by atoms with Gasteiger partial charge in [-0.15, -0.1) is 0 Å². The Labute approximate surface area is 174 Å². The average Bonchev–Trinajstić information content (AvgIpc) is 3.54. The molecule has 2 aliphatic rings. The lowest BCUT2D eigenvalue weighted by Gasteiger charge is -2.31. The van der Waals surface area contributed by atoms with E-state index < -0.39 is 0 Å². The molecule has 7 heteroatoms. The predicted molar refractivity (Wildman–Crippen MR) is 113 cm³/mol. The smallest absolute Gasteiger partial charge is 0.270 e. The number of likely N-dealkylation sites (tertiary alicyclic amines) is 1. The van der Waals surface area contributed by atoms with Crippen LogP contribution in [0.1, 0.15) is 36.2 Å². The first-order chi connectivity index (χ1) is 14.7. The van der Waals surface area contributed by atoms with Gasteiger partial charge in [0, 0.05) is 48.8 Å². The number of hydrogen-bond acceptors (Lipinski definition) is 4. The van der Waals surface area contributed by atoms with Crippen molar-refractivity contribution in [1.29, 1.82) is 0 Å². The van der Waals surface area contributed by atoms with Crippen LogP contribution in [0.5, 0.6) is 5.88 Å². The summed E-state index contributed by atoms with van der Waals surface area (Å²) in [5.74, 6) is 0.800. The number of benzene rings is 1. The highest BCUT2D eigenvalue weighted by molar-refractivity contribution is 5.98. The van der Waals surface area contributed by atoms with Crippen molar-refractivity contribution in [2.24, 2.45) is 5.92 Å². The zero-order valence-electron chi connectivity index (χ0n) is 16.6. The number of para-hydroxylation sites is 1. The second-order valence-electron chi connectivity index (χ2n) is 8.03. The number of rotatable bonds is 5. The number of nitrogens with zero attached hydrogens (tertiary/aromatic N) is 2. The number of pyridine rings is 1. The van der Waals surface area contributed by atoms with Crippen LogP contribution in [0.15, 0.2) is 48.7 Å². The van der Waals surface area contributed by atoms with E-state index in [0.717, 1.165) is 36.6 Å². The topological polar surface area (TPSA) is 87.3 Å². The van der Waals surface area contributed by atoms with E-state index in [1.807, 2.05) is 41.3 Å². The van der Waals surface area contributed by atoms with E-state index in [0.29, 0.717) is 30.4 Å². The van der Waals surface area contributed by atoms with Gasteiger partial charge in [-0.1, -0.05) is 18.2 Å². The summed E-state index contributed by atoms with van der Waals surface area (Å²) in [5.41, 5.74) is 2.29. The third-order valence-electron chi connectivity index (χ3n) is 5.73. The Balaban J connectivity index is 1.14. The standard InChI is InChI=1S/C23H24N4O3/c28-22(15-5-6-15)25-17-7-8-21(24-14-17)30-18-9-11-27(12-10-18)23(29)20-13-16-3-1-2-4-19(16)26-20/h1-4,7-8,13-15,18,26H,5-6,9-12H2,(H,25,28). The van der Waals surface area contributed by atoms with E-state index in [4.69, 9.17) is 4.74 Å². The lowest BCUT2D eigenvalue weighted by Crippen LogP contribution is -2.42. The molecule has 1 aliphatic heterocycles. The fourth-order valence-corrected chi connectivity index (χ4v) is 3.82. The molecular formula is C23H24N4O3. The quantitative estimate of drug-likeness (QED) is 0.680. The molecule has 0 unspecified atom stereocenters. The second kappa shape index (κ2) is 7.82. The molecule has 0 atom stereocenters. The predicted octanol–water partition coefficient (Wildman–Crippen LogP) is 3.60. The van der Waals surface area contributed by atoms with Crippen LogP contribution in [0.25, 0.3) is 10.9 Å². The number of amides is 2. The Bertz CT molecular complexity index is 1030. The van der Waals surface area contributed by atoms with Gasteiger partial charge in [-0.25, -0.2) is 4.98 Å². The Morgan fingerprint density at radius 1 is 1.07 bits per heavy atom. The number of hydrogen-bond donors (Lipinski definition) is 2. The SMILES string of the molecule is O=C(Nc1ccc(OC2CCN(C(=O)c3cc4ccccc4[nH]3)CC2)nc1)C1CC1. The molecule has 0 spiro atoms. The van der Waals surface area contributed by atoms with Crippen LogP contribution in [0.4, 0.5) is 5.69 Å². The van der Waals surface area contributed by atoms with Crippen LogP contribution in [-0.2, 0) is 4.79 Å². The monoisotopic (exact) mass is 404 g/mol. The minimum atomic E-state index is 0.0242. The molecule has 1 aromatic carbocycles. The molecule has 1 aliphatic carbocycles. The van der Waals surface area contributed by atoms with Crippen molar-refractivity contribution < 1.29 is 14.3 Å². The van der Waals surface area contributed by atoms with Gasteiger partial charge in [-0.2, -0.15) is 0 Å². The van der Waals surface area contributed by atoms with Crippen LogP contribution in [0.3, 0.4) is 0 Å². The number of aromatic nitrogens is 2. The van der Waals surface area contributed by atoms with Crippen molar-refractivity contribution in [2.45, 2.75) is 31.8 Å². The summed E-state index contributed by atoms with van der Waals surface area (Å²) in [4.78, 5) is 34.0. The molecule has 0 radical (unpaired) electrons. The van der Waals surface area contributed by atoms with E-state index in [9.17, 15) is 9.59 Å². The van der Waals surface area contributed by atoms with E-state index in [1.54, 1.807) is 12.3 Å². The van der Waals surface area contributed by atoms with E-state index in [1.165, 1.54) is 0 Å². The van der Waals surface area contributed by atoms with Crippen LogP contribution in [0, 0.1) is 5.92 Å². The summed E-state index contributed by atoms with van der Waals surface area (Å²) in [7, 11) is 0. The summed E-state index contributed by atoms with van der Waals surface area (Å²) in [6.07, 6.45) is 5.12. The van der Waals surface area contributed by atoms with Gasteiger partial charge in [0.2, 0.25) is 11.8 Å². The molecule has 154 valence electrons. The number of ether oxygens (including phenoxy) is 1. The third-order valence-corrected chi connectivity index (χ3v) is 5.73. The number of nitrogens with one attached hydrogen (secondary N) is 2. The highest BCUT2D eigenvalue weighted by Crippen LogP contribution is 2.30. The summed E-state index contributed by atoms with van der Waals surface area (Å²) in [5, 5.41) is 3.92. The number of anilines is 1. The average molecular weight is 404 g/mol. The minimum Gasteiger partial charge on any atom is -0.474 e. The van der Waals surface area contributed by atoms with E-state index in [2.05, 4.69) is 15.3 Å². The molecule has 5 rings (SSSR count). The third kappa shape index (κ3) is 4.01. The molecule has 7 nitrogen and oxygen atoms in total. The van der Waals surface area contributed by atoms with Gasteiger partial charge >= 0.3 is 0 Å². The maximum Gasteiger partial charge on any atom is 0.270 e. The van der Waals surface area contributed by atoms with Crippen molar-refractivity contribution in [1.82, 2.24) is 14.9 Å². The number of H-pyrrole nitrogens is 1. The summed E-state index contributed by atoms with van der Waals surface area (Å²) in [6, 6.07) is 13.4. The Kier molecular flexibility index (Phi) is 4.86. The molecule has 2 N–H and O–H groups in total. The van der Waals surface area contributed by atoms with Crippen molar-refractivity contribution in [3.05, 3.63) is 54.4 Å². The fourth-order valence-electron chi connectivity index (χ4n) is 3.82. The maximum atomic E-state index is 12.8. The lowest BCUT2D eigenvalue weighted by molar-refractivity contribution is -0.117. The van der Waals surface area contributed by atoms with E-state index in [-0.39, 0.29) is 23.8 Å². The first kappa shape index (κ1) is 18.7. The molecular weight excluding hydrogens is 380 g/mol. The van der Waals surface area contributed by atoms with Crippen LogP contribution < -0.4 is 10.1 Å². The molecule has 1 saturated carbocycles. The van der Waals surface area contributed by atoms with Gasteiger partial charge in [-0.3, -0.25) is 9.59 Å². The number of carbonyl (C=O) groups excluding carboxylic acids is 2. The van der Waals surface area contributed by atoms with Crippen molar-refractivity contribution >= 4 is 28.4 Å². The maximum absolute atomic E-state index is 12.8. The van der Waals surface area contributed by atoms with Crippen molar-refractivity contribution in [2.75, 3.05) is 18.4 Å². The lowest BCUT2D eigenvalue weighted by atomic mass is 10.1. The van der Waals surface area contributed by atoms with Crippen molar-refractivity contribution in [3.63, 3.8) is 0 Å². The van der Waals surface area contributed by atoms with Gasteiger partial charge in [0.1, 0.15) is 11.8 Å². The number of carbonyl (C=O) groups is 2. The highest BCUT2D eigenvalue weighted by Gasteiger charge is 2.29. The molecule has 2 aromatic heterocycles. The molecule has 1 saturated heterocycles. The van der Waals surface area contributed by atoms with Gasteiger partial charge in [0.25, 0.3) is 5.91 Å². The van der Waals surface area contributed by atoms with Crippen molar-refractivity contribution in [3.8, 4) is 5.88 Å². The zero-order valence-corrected chi connectivity index (χ0v) is 16.6. The van der Waals surface area contributed by atoms with Crippen LogP contribution in [-0.4, -0.2) is 45.9 Å². The summed E-state index contributed by atoms with van der Waals surface area (Å²) >= 11 is 0. The number of aromatic amines is 1. The fraction of sp³-hybridized carbons (Fsp3) is 0.348. The normalized spacial score (nSPS) is 17.1. The van der Waals surface area contributed by atoms with Crippen LogP contribution >= 0.6 is 0 Å². The highest BCUT2D eigenvalue weighted by atomic mass is 16.5. The Morgan fingerprint density at radius 3 is 2.57 bits per heavy atom. The van der Waals surface area contributed by atoms with Gasteiger partial charge in [0.05, 0.1) is 11.9 Å². The summed E-state index contributed by atoms with van der Waals surface area (Å²) in [6.45, 7) is 1.29. The number of fused-ring (bicyclic) bond motifs is 1. The van der Waals surface area contributed by atoms with Gasteiger partial charge in [0.15, 0.2) is 0 Å². The Hall–Kier alpha value is -3.35. The first-order valence-electron chi connectivity index (χ1n) is 10.5. The largest absolute Gasteiger partial charge is 0.474 e. The minimum absolute atomic E-state index is 0.0242. The number of piperidine rings is 1. The molecule has 2 fully saturated rings. The zero-order chi connectivity index (χ0) is 20.5. The molecule has 2 amide bonds. The van der Waals surface area contributed by atoms with Crippen LogP contribution in [0.2, 0.25) is 0 Å². The van der Waals surface area contributed by atoms with Gasteiger partial charge < -0.3 is 19.9 Å². The molecule has 0 bridgehead atoms. The van der Waals surface area contributed by atoms with E-state index >= 15 is 0 Å². The second-order valence-corrected chi connectivity index (χ2v) is 8.03. The molecule has 3 heterocycles. The summed E-state index contributed by atoms with van der Waals surface area (Å²) < 4.78 is 5.99. The molecule has 3 aromatic rings. The van der Waals surface area contributed by atoms with Gasteiger partial charge in [-0.05, 0) is 31.0 Å².